The van der Waals surface area contributed by atoms with Gasteiger partial charge in [-0.2, -0.15) is 0 Å². The van der Waals surface area contributed by atoms with Crippen molar-refractivity contribution in [1.29, 1.82) is 0 Å². The van der Waals surface area contributed by atoms with Gasteiger partial charge in [0, 0.05) is 23.1 Å². The van der Waals surface area contributed by atoms with Crippen LogP contribution in [0.5, 0.6) is 0 Å². The molecule has 4 rings (SSSR count). The van der Waals surface area contributed by atoms with Crippen molar-refractivity contribution in [2.75, 3.05) is 19.0 Å². The zero-order valence-electron chi connectivity index (χ0n) is 14.0. The van der Waals surface area contributed by atoms with E-state index < -0.39 is 0 Å². The quantitative estimate of drug-likeness (QED) is 0.787. The van der Waals surface area contributed by atoms with Gasteiger partial charge < -0.3 is 14.8 Å². The van der Waals surface area contributed by atoms with Crippen molar-refractivity contribution < 1.29 is 14.3 Å². The summed E-state index contributed by atoms with van der Waals surface area (Å²) < 4.78 is 11.1. The summed E-state index contributed by atoms with van der Waals surface area (Å²) in [6.45, 7) is 0.741. The van der Waals surface area contributed by atoms with Gasteiger partial charge in [-0.3, -0.25) is 0 Å². The maximum absolute atomic E-state index is 12.2. The number of rotatable bonds is 2. The minimum atomic E-state index is -0.344. The number of esters is 1. The molecule has 0 amide bonds. The Morgan fingerprint density at radius 3 is 2.92 bits per heavy atom. The van der Waals surface area contributed by atoms with Crippen LogP contribution < -0.4 is 5.32 Å². The fourth-order valence-electron chi connectivity index (χ4n) is 4.01. The molecule has 0 unspecified atom stereocenters. The number of benzene rings is 2. The van der Waals surface area contributed by atoms with Gasteiger partial charge in [0.1, 0.15) is 0 Å². The van der Waals surface area contributed by atoms with Crippen molar-refractivity contribution in [3.63, 3.8) is 0 Å². The predicted octanol–water partition coefficient (Wildman–Crippen LogP) is 4.76. The lowest BCUT2D eigenvalue weighted by Gasteiger charge is -2.43. The van der Waals surface area contributed by atoms with Gasteiger partial charge in [-0.15, -0.1) is 0 Å². The van der Waals surface area contributed by atoms with E-state index in [4.69, 9.17) is 21.1 Å². The third kappa shape index (κ3) is 2.90. The summed E-state index contributed by atoms with van der Waals surface area (Å²) in [7, 11) is 1.40. The molecule has 0 aliphatic carbocycles. The summed E-state index contributed by atoms with van der Waals surface area (Å²) in [6.07, 6.45) is 2.07. The molecule has 0 saturated carbocycles. The van der Waals surface area contributed by atoms with Crippen molar-refractivity contribution in [2.45, 2.75) is 25.0 Å². The first kappa shape index (κ1) is 16.4. The minimum absolute atomic E-state index is 0.0291. The van der Waals surface area contributed by atoms with Crippen molar-refractivity contribution in [2.24, 2.45) is 5.92 Å². The lowest BCUT2D eigenvalue weighted by atomic mass is 9.77. The van der Waals surface area contributed by atoms with Gasteiger partial charge in [0.25, 0.3) is 0 Å². The Hall–Kier alpha value is -2.04. The molecule has 2 aromatic rings. The molecule has 1 N–H and O–H groups in total. The monoisotopic (exact) mass is 357 g/mol. The molecule has 2 aliphatic heterocycles. The van der Waals surface area contributed by atoms with Crippen LogP contribution in [0.2, 0.25) is 5.02 Å². The fourth-order valence-corrected chi connectivity index (χ4v) is 4.21. The molecule has 2 aromatic carbocycles. The number of halogens is 1. The number of anilines is 1. The van der Waals surface area contributed by atoms with E-state index >= 15 is 0 Å². The maximum atomic E-state index is 12.2. The molecule has 2 aliphatic rings. The maximum Gasteiger partial charge on any atom is 0.339 e. The van der Waals surface area contributed by atoms with Crippen LogP contribution in [0.1, 0.15) is 46.5 Å². The molecular formula is C20H20ClNO3. The summed E-state index contributed by atoms with van der Waals surface area (Å²) in [4.78, 5) is 12.2. The van der Waals surface area contributed by atoms with Crippen LogP contribution in [0, 0.1) is 5.92 Å². The average molecular weight is 358 g/mol. The van der Waals surface area contributed by atoms with E-state index in [1.165, 1.54) is 7.11 Å². The normalized spacial score (nSPS) is 24.6. The van der Waals surface area contributed by atoms with E-state index in [0.717, 1.165) is 36.3 Å². The SMILES string of the molecule is COC(=O)c1cccc2c1N[C@@H](c1cccc(Cl)c1)[C@H]1CCCO[C@@H]21. The Labute approximate surface area is 152 Å². The number of ether oxygens (including phenoxy) is 2. The molecule has 5 heteroatoms. The third-order valence-corrected chi connectivity index (χ3v) is 5.35. The molecule has 4 nitrogen and oxygen atoms in total. The van der Waals surface area contributed by atoms with Gasteiger partial charge >= 0.3 is 5.97 Å². The van der Waals surface area contributed by atoms with E-state index in [-0.39, 0.29) is 18.1 Å². The topological polar surface area (TPSA) is 47.6 Å². The Bertz CT molecular complexity index is 807. The fraction of sp³-hybridized carbons (Fsp3) is 0.350. The van der Waals surface area contributed by atoms with Gasteiger partial charge in [-0.25, -0.2) is 4.79 Å². The van der Waals surface area contributed by atoms with Gasteiger partial charge in [-0.05, 0) is 36.6 Å². The first-order valence-electron chi connectivity index (χ1n) is 8.54. The van der Waals surface area contributed by atoms with Gasteiger partial charge in [-0.1, -0.05) is 35.9 Å². The van der Waals surface area contributed by atoms with Crippen molar-refractivity contribution >= 4 is 23.3 Å². The molecule has 25 heavy (non-hydrogen) atoms. The summed E-state index contributed by atoms with van der Waals surface area (Å²) in [5, 5.41) is 4.29. The van der Waals surface area contributed by atoms with Crippen LogP contribution in [0.25, 0.3) is 0 Å². The second-order valence-corrected chi connectivity index (χ2v) is 6.97. The Morgan fingerprint density at radius 2 is 2.12 bits per heavy atom. The molecule has 3 atom stereocenters. The molecule has 0 spiro atoms. The standard InChI is InChI=1S/C20H20ClNO3/c1-24-20(23)16-8-3-7-15-18(16)22-17(12-5-2-6-13(21)11-12)14-9-4-10-25-19(14)15/h2-3,5-8,11,14,17,19,22H,4,9-10H2,1H3/t14-,17+,19-/m1/s1. The summed E-state index contributed by atoms with van der Waals surface area (Å²) >= 11 is 6.21. The molecule has 2 heterocycles. The van der Waals surface area contributed by atoms with Crippen LogP contribution in [0.4, 0.5) is 5.69 Å². The van der Waals surface area contributed by atoms with E-state index in [2.05, 4.69) is 11.4 Å². The Morgan fingerprint density at radius 1 is 1.28 bits per heavy atom. The van der Waals surface area contributed by atoms with Gasteiger partial charge in [0.05, 0.1) is 30.5 Å². The smallest absolute Gasteiger partial charge is 0.339 e. The van der Waals surface area contributed by atoms with Crippen LogP contribution in [0.3, 0.4) is 0 Å². The Kier molecular flexibility index (Phi) is 4.40. The minimum Gasteiger partial charge on any atom is -0.465 e. The number of nitrogens with one attached hydrogen (secondary N) is 1. The molecule has 1 saturated heterocycles. The first-order valence-corrected chi connectivity index (χ1v) is 8.91. The molecule has 1 fully saturated rings. The predicted molar refractivity (Wildman–Crippen MR) is 97.0 cm³/mol. The largest absolute Gasteiger partial charge is 0.465 e. The number of carbonyl (C=O) groups excluding carboxylic acids is 1. The van der Waals surface area contributed by atoms with Gasteiger partial charge in [0.15, 0.2) is 0 Å². The van der Waals surface area contributed by atoms with Crippen molar-refractivity contribution in [1.82, 2.24) is 0 Å². The second-order valence-electron chi connectivity index (χ2n) is 6.54. The second kappa shape index (κ2) is 6.70. The van der Waals surface area contributed by atoms with Crippen LogP contribution in [0.15, 0.2) is 42.5 Å². The van der Waals surface area contributed by atoms with Crippen LogP contribution >= 0.6 is 11.6 Å². The highest BCUT2D eigenvalue weighted by molar-refractivity contribution is 6.30. The average Bonchev–Trinajstić information content (AvgIpc) is 2.66. The van der Waals surface area contributed by atoms with Crippen molar-refractivity contribution in [3.05, 3.63) is 64.2 Å². The van der Waals surface area contributed by atoms with E-state index in [0.29, 0.717) is 16.5 Å². The lowest BCUT2D eigenvalue weighted by molar-refractivity contribution is -0.0382. The highest BCUT2D eigenvalue weighted by Crippen LogP contribution is 2.50. The summed E-state index contributed by atoms with van der Waals surface area (Å²) in [5.41, 5.74) is 3.49. The molecular weight excluding hydrogens is 338 g/mol. The molecule has 0 radical (unpaired) electrons. The number of carbonyl (C=O) groups is 1. The van der Waals surface area contributed by atoms with E-state index in [1.54, 1.807) is 6.07 Å². The first-order chi connectivity index (χ1) is 12.2. The Balaban J connectivity index is 1.83. The highest BCUT2D eigenvalue weighted by atomic mass is 35.5. The van der Waals surface area contributed by atoms with Crippen LogP contribution in [-0.2, 0) is 9.47 Å². The summed E-state index contributed by atoms with van der Waals surface area (Å²) in [5.74, 6) is -0.0453. The zero-order chi connectivity index (χ0) is 17.4. The van der Waals surface area contributed by atoms with E-state index in [1.807, 2.05) is 30.3 Å². The van der Waals surface area contributed by atoms with E-state index in [9.17, 15) is 4.79 Å². The number of para-hydroxylation sites is 1. The number of methoxy groups -OCH3 is 1. The number of fused-ring (bicyclic) bond motifs is 3. The van der Waals surface area contributed by atoms with Gasteiger partial charge in [0.2, 0.25) is 0 Å². The number of hydrogen-bond donors (Lipinski definition) is 1. The van der Waals surface area contributed by atoms with Crippen LogP contribution in [-0.4, -0.2) is 19.7 Å². The molecule has 130 valence electrons. The lowest BCUT2D eigenvalue weighted by Crippen LogP contribution is -2.36. The summed E-state index contributed by atoms with van der Waals surface area (Å²) in [6, 6.07) is 13.6. The van der Waals surface area contributed by atoms with Crippen molar-refractivity contribution in [3.8, 4) is 0 Å². The highest BCUT2D eigenvalue weighted by Gasteiger charge is 2.41. The zero-order valence-corrected chi connectivity index (χ0v) is 14.8. The molecule has 0 aromatic heterocycles. The number of hydrogen-bond acceptors (Lipinski definition) is 4. The third-order valence-electron chi connectivity index (χ3n) is 5.11. The molecule has 0 bridgehead atoms.